The quantitative estimate of drug-likeness (QED) is 0.117. The molecule has 1 saturated heterocycles. The second-order valence-electron chi connectivity index (χ2n) is 12.8. The van der Waals surface area contributed by atoms with Gasteiger partial charge in [-0.25, -0.2) is 4.98 Å². The van der Waals surface area contributed by atoms with E-state index in [2.05, 4.69) is 126 Å². The predicted molar refractivity (Wildman–Crippen MR) is 191 cm³/mol. The highest BCUT2D eigenvalue weighted by molar-refractivity contribution is 5.51. The van der Waals surface area contributed by atoms with E-state index >= 15 is 0 Å². The summed E-state index contributed by atoms with van der Waals surface area (Å²) in [6.45, 7) is 4.97. The van der Waals surface area contributed by atoms with Crippen LogP contribution in [0.1, 0.15) is 53.6 Å². The van der Waals surface area contributed by atoms with Crippen molar-refractivity contribution in [2.75, 3.05) is 6.61 Å². The van der Waals surface area contributed by atoms with E-state index in [4.69, 9.17) is 23.9 Å². The molecule has 6 nitrogen and oxygen atoms in total. The van der Waals surface area contributed by atoms with Crippen molar-refractivity contribution in [1.29, 1.82) is 0 Å². The Hall–Kier alpha value is -4.85. The van der Waals surface area contributed by atoms with Gasteiger partial charge in [0.05, 0.1) is 19.8 Å². The molecule has 3 atom stereocenters. The maximum atomic E-state index is 7.00. The molecule has 0 saturated carbocycles. The van der Waals surface area contributed by atoms with Gasteiger partial charge in [0, 0.05) is 12.4 Å². The highest BCUT2D eigenvalue weighted by Gasteiger charge is 2.47. The lowest BCUT2D eigenvalue weighted by Crippen LogP contribution is -2.43. The van der Waals surface area contributed by atoms with E-state index in [-0.39, 0.29) is 0 Å². The summed E-state index contributed by atoms with van der Waals surface area (Å²) < 4.78 is 28.8. The zero-order valence-electron chi connectivity index (χ0n) is 28.0. The van der Waals surface area contributed by atoms with Crippen molar-refractivity contribution in [2.24, 2.45) is 0 Å². The zero-order valence-corrected chi connectivity index (χ0v) is 28.0. The van der Waals surface area contributed by atoms with Gasteiger partial charge in [0.25, 0.3) is 0 Å². The number of ether oxygens (including phenoxy) is 4. The molecule has 0 N–H and O–H groups in total. The summed E-state index contributed by atoms with van der Waals surface area (Å²) in [4.78, 5) is 5.12. The lowest BCUT2D eigenvalue weighted by Gasteiger charge is -2.40. The third-order valence-electron chi connectivity index (χ3n) is 9.11. The molecule has 248 valence electrons. The monoisotopic (exact) mass is 650 g/mol. The first-order valence-electron chi connectivity index (χ1n) is 16.9. The molecule has 1 fully saturated rings. The second kappa shape index (κ2) is 14.7. The van der Waals surface area contributed by atoms with Crippen molar-refractivity contribution < 1.29 is 18.9 Å². The van der Waals surface area contributed by atoms with Gasteiger partial charge in [0.2, 0.25) is 0 Å². The van der Waals surface area contributed by atoms with Gasteiger partial charge in [-0.1, -0.05) is 152 Å². The number of benzene rings is 5. The Bertz CT molecular complexity index is 1780. The molecule has 0 unspecified atom stereocenters. The number of hydrogen-bond donors (Lipinski definition) is 0. The van der Waals surface area contributed by atoms with Gasteiger partial charge < -0.3 is 23.5 Å². The maximum Gasteiger partial charge on any atom is 0.163 e. The van der Waals surface area contributed by atoms with Crippen LogP contribution in [0.5, 0.6) is 0 Å². The minimum absolute atomic E-state index is 0.357. The summed E-state index contributed by atoms with van der Waals surface area (Å²) >= 11 is 0. The van der Waals surface area contributed by atoms with E-state index in [9.17, 15) is 0 Å². The van der Waals surface area contributed by atoms with Crippen LogP contribution in [0, 0.1) is 0 Å². The largest absolute Gasteiger partial charge is 0.368 e. The molecule has 5 aromatic carbocycles. The normalized spacial score (nSPS) is 17.1. The maximum absolute atomic E-state index is 7.00. The number of hydrogen-bond acceptors (Lipinski definition) is 5. The van der Waals surface area contributed by atoms with Gasteiger partial charge in [-0.05, 0) is 41.7 Å². The predicted octanol–water partition coefficient (Wildman–Crippen LogP) is 8.72. The lowest BCUT2D eigenvalue weighted by atomic mass is 9.76. The molecule has 0 aliphatic carbocycles. The molecular weight excluding hydrogens is 608 g/mol. The van der Waals surface area contributed by atoms with Crippen LogP contribution in [-0.4, -0.2) is 34.2 Å². The topological polar surface area (TPSA) is 54.7 Å². The highest BCUT2D eigenvalue weighted by Crippen LogP contribution is 2.44. The summed E-state index contributed by atoms with van der Waals surface area (Å²) in [5.41, 5.74) is 4.60. The van der Waals surface area contributed by atoms with Gasteiger partial charge in [-0.15, -0.1) is 0 Å². The molecule has 2 heterocycles. The van der Waals surface area contributed by atoms with E-state index < -0.39 is 29.6 Å². The fourth-order valence-corrected chi connectivity index (χ4v) is 6.87. The molecule has 49 heavy (non-hydrogen) atoms. The van der Waals surface area contributed by atoms with Crippen LogP contribution >= 0.6 is 0 Å². The fourth-order valence-electron chi connectivity index (χ4n) is 6.87. The molecule has 6 aromatic rings. The summed E-state index contributed by atoms with van der Waals surface area (Å²) in [7, 11) is 0. The van der Waals surface area contributed by atoms with Crippen molar-refractivity contribution in [1.82, 2.24) is 9.55 Å². The van der Waals surface area contributed by atoms with Crippen LogP contribution in [0.15, 0.2) is 164 Å². The molecule has 0 bridgehead atoms. The lowest BCUT2D eigenvalue weighted by molar-refractivity contribution is -0.182. The van der Waals surface area contributed by atoms with Crippen molar-refractivity contribution >= 4 is 0 Å². The van der Waals surface area contributed by atoms with Crippen LogP contribution in [-0.2, 0) is 37.7 Å². The summed E-state index contributed by atoms with van der Waals surface area (Å²) in [5, 5.41) is 0. The number of nitrogens with zero attached hydrogens (tertiary/aromatic N) is 2. The van der Waals surface area contributed by atoms with Crippen LogP contribution in [0.3, 0.4) is 0 Å². The Balaban J connectivity index is 1.42. The van der Waals surface area contributed by atoms with E-state index in [0.29, 0.717) is 19.8 Å². The molecule has 1 aliphatic heterocycles. The summed E-state index contributed by atoms with van der Waals surface area (Å²) in [6.07, 6.45) is 2.31. The highest BCUT2D eigenvalue weighted by atomic mass is 16.8. The van der Waals surface area contributed by atoms with Crippen molar-refractivity contribution in [3.63, 3.8) is 0 Å². The van der Waals surface area contributed by atoms with Gasteiger partial charge in [0.1, 0.15) is 29.7 Å². The Labute approximate surface area is 288 Å². The third kappa shape index (κ3) is 7.00. The number of aromatic nitrogens is 2. The molecule has 1 aliphatic rings. The van der Waals surface area contributed by atoms with E-state index in [1.165, 1.54) is 0 Å². The average molecular weight is 651 g/mol. The van der Waals surface area contributed by atoms with Crippen LogP contribution < -0.4 is 0 Å². The molecular formula is C43H42N2O4. The molecule has 1 aromatic heterocycles. The van der Waals surface area contributed by atoms with Crippen LogP contribution in [0.4, 0.5) is 0 Å². The van der Waals surface area contributed by atoms with Crippen molar-refractivity contribution in [2.45, 2.75) is 56.7 Å². The van der Waals surface area contributed by atoms with Crippen molar-refractivity contribution in [3.8, 4) is 0 Å². The van der Waals surface area contributed by atoms with Gasteiger partial charge >= 0.3 is 0 Å². The standard InChI is InChI=1S/C43H42N2O4/c1-42(2)48-32-38(49-42)39(46-30-33-18-8-3-9-19-33)40(47-31-34-20-10-4-11-21-34)41-44-28-29-45(41)43(35-22-12-5-13-23-35,36-24-14-6-15-25-36)37-26-16-7-17-27-37/h3-29,38-40H,30-32H2,1-2H3/t38-,39-,40-/m0/s1. The first-order valence-corrected chi connectivity index (χ1v) is 16.9. The summed E-state index contributed by atoms with van der Waals surface area (Å²) in [6, 6.07) is 52.2. The Kier molecular flexibility index (Phi) is 9.82. The van der Waals surface area contributed by atoms with Gasteiger partial charge in [-0.2, -0.15) is 0 Å². The number of imidazole rings is 1. The van der Waals surface area contributed by atoms with Crippen molar-refractivity contribution in [3.05, 3.63) is 198 Å². The molecule has 6 heteroatoms. The van der Waals surface area contributed by atoms with E-state index in [1.54, 1.807) is 0 Å². The number of rotatable bonds is 13. The molecule has 0 amide bonds. The molecule has 0 radical (unpaired) electrons. The Morgan fingerprint density at radius 3 is 1.57 bits per heavy atom. The first kappa shape index (κ1) is 32.7. The van der Waals surface area contributed by atoms with E-state index in [1.807, 2.05) is 56.4 Å². The first-order chi connectivity index (χ1) is 24.0. The van der Waals surface area contributed by atoms with Crippen LogP contribution in [0.2, 0.25) is 0 Å². The Morgan fingerprint density at radius 1 is 0.673 bits per heavy atom. The summed E-state index contributed by atoms with van der Waals surface area (Å²) in [5.74, 6) is -0.0424. The van der Waals surface area contributed by atoms with E-state index in [0.717, 1.165) is 33.6 Å². The molecule has 7 rings (SSSR count). The SMILES string of the molecule is CC1(C)OC[C@@H]([C@H](OCc2ccccc2)[C@H](OCc2ccccc2)c2nccn2C(c2ccccc2)(c2ccccc2)c2ccccc2)O1. The smallest absolute Gasteiger partial charge is 0.163 e. The average Bonchev–Trinajstić information content (AvgIpc) is 3.78. The van der Waals surface area contributed by atoms with Gasteiger partial charge in [-0.3, -0.25) is 0 Å². The zero-order chi connectivity index (χ0) is 33.5. The molecule has 0 spiro atoms. The van der Waals surface area contributed by atoms with Crippen LogP contribution in [0.25, 0.3) is 0 Å². The third-order valence-corrected chi connectivity index (χ3v) is 9.11. The second-order valence-corrected chi connectivity index (χ2v) is 12.8. The minimum Gasteiger partial charge on any atom is -0.368 e. The van der Waals surface area contributed by atoms with Gasteiger partial charge in [0.15, 0.2) is 5.79 Å². The minimum atomic E-state index is -0.791. The fraction of sp³-hybridized carbons (Fsp3) is 0.233. The Morgan fingerprint density at radius 2 is 1.12 bits per heavy atom.